The Labute approximate surface area is 113 Å². The fraction of sp³-hybridized carbons (Fsp3) is 0.300. The quantitative estimate of drug-likeness (QED) is 0.376. The fourth-order valence-corrected chi connectivity index (χ4v) is 2.42. The SMILES string of the molecule is Nc1cc(Cl)c([N+](=O)[O-])cc1N1CC(S)CC1=O. The van der Waals surface area contributed by atoms with Gasteiger partial charge in [-0.15, -0.1) is 0 Å². The second-order valence-electron chi connectivity index (χ2n) is 3.98. The molecule has 0 aromatic heterocycles. The highest BCUT2D eigenvalue weighted by Gasteiger charge is 2.31. The molecule has 1 aromatic carbocycles. The number of nitro benzene ring substituents is 1. The lowest BCUT2D eigenvalue weighted by Gasteiger charge is -2.18. The van der Waals surface area contributed by atoms with E-state index in [1.54, 1.807) is 0 Å². The lowest BCUT2D eigenvalue weighted by molar-refractivity contribution is -0.384. The summed E-state index contributed by atoms with van der Waals surface area (Å²) in [5.41, 5.74) is 6.03. The third-order valence-electron chi connectivity index (χ3n) is 2.69. The smallest absolute Gasteiger partial charge is 0.290 e. The Bertz CT molecular complexity index is 537. The van der Waals surface area contributed by atoms with Crippen LogP contribution in [0.15, 0.2) is 12.1 Å². The van der Waals surface area contributed by atoms with E-state index in [0.29, 0.717) is 18.7 Å². The molecule has 2 N–H and O–H groups in total. The lowest BCUT2D eigenvalue weighted by Crippen LogP contribution is -2.25. The highest BCUT2D eigenvalue weighted by atomic mass is 35.5. The molecule has 1 unspecified atom stereocenters. The molecular formula is C10H10ClN3O3S. The van der Waals surface area contributed by atoms with Crippen LogP contribution in [0.2, 0.25) is 5.02 Å². The molecule has 1 aromatic rings. The Morgan fingerprint density at radius 1 is 1.56 bits per heavy atom. The number of hydrogen-bond donors (Lipinski definition) is 2. The van der Waals surface area contributed by atoms with Crippen LogP contribution in [-0.4, -0.2) is 22.6 Å². The molecule has 1 saturated heterocycles. The van der Waals surface area contributed by atoms with Gasteiger partial charge < -0.3 is 10.6 Å². The van der Waals surface area contributed by atoms with Crippen LogP contribution in [0.1, 0.15) is 6.42 Å². The normalized spacial score (nSPS) is 19.3. The van der Waals surface area contributed by atoms with Crippen LogP contribution in [-0.2, 0) is 4.79 Å². The maximum absolute atomic E-state index is 11.7. The maximum Gasteiger partial charge on any atom is 0.290 e. The average Bonchev–Trinajstić information content (AvgIpc) is 2.57. The summed E-state index contributed by atoms with van der Waals surface area (Å²) in [6.07, 6.45) is 0.291. The van der Waals surface area contributed by atoms with Gasteiger partial charge >= 0.3 is 0 Å². The second kappa shape index (κ2) is 4.66. The van der Waals surface area contributed by atoms with Crippen molar-refractivity contribution in [1.82, 2.24) is 0 Å². The van der Waals surface area contributed by atoms with Crippen molar-refractivity contribution in [2.45, 2.75) is 11.7 Å². The lowest BCUT2D eigenvalue weighted by atomic mass is 10.2. The van der Waals surface area contributed by atoms with Crippen LogP contribution in [0, 0.1) is 10.1 Å². The zero-order valence-electron chi connectivity index (χ0n) is 9.17. The van der Waals surface area contributed by atoms with Gasteiger partial charge in [0, 0.05) is 24.3 Å². The first-order chi connectivity index (χ1) is 8.40. The summed E-state index contributed by atoms with van der Waals surface area (Å²) in [6, 6.07) is 2.51. The molecular weight excluding hydrogens is 278 g/mol. The zero-order valence-corrected chi connectivity index (χ0v) is 10.8. The number of amides is 1. The van der Waals surface area contributed by atoms with E-state index in [9.17, 15) is 14.9 Å². The summed E-state index contributed by atoms with van der Waals surface area (Å²) in [7, 11) is 0. The van der Waals surface area contributed by atoms with Gasteiger partial charge in [0.2, 0.25) is 5.91 Å². The van der Waals surface area contributed by atoms with Gasteiger partial charge in [-0.25, -0.2) is 0 Å². The van der Waals surface area contributed by atoms with Crippen LogP contribution < -0.4 is 10.6 Å². The monoisotopic (exact) mass is 287 g/mol. The molecule has 0 saturated carbocycles. The number of halogens is 1. The molecule has 0 aliphatic carbocycles. The number of thiol groups is 1. The number of benzene rings is 1. The average molecular weight is 288 g/mol. The second-order valence-corrected chi connectivity index (χ2v) is 5.12. The first-order valence-electron chi connectivity index (χ1n) is 5.12. The molecule has 0 spiro atoms. The van der Waals surface area contributed by atoms with Crippen molar-refractivity contribution >= 4 is 47.2 Å². The van der Waals surface area contributed by atoms with Crippen LogP contribution >= 0.6 is 24.2 Å². The molecule has 1 fully saturated rings. The molecule has 0 radical (unpaired) electrons. The number of nitrogens with zero attached hydrogens (tertiary/aromatic N) is 2. The molecule has 96 valence electrons. The van der Waals surface area contributed by atoms with Crippen LogP contribution in [0.25, 0.3) is 0 Å². The Kier molecular flexibility index (Phi) is 3.36. The highest BCUT2D eigenvalue weighted by Crippen LogP contribution is 2.36. The molecule has 1 atom stereocenters. The van der Waals surface area contributed by atoms with Crippen molar-refractivity contribution in [3.05, 3.63) is 27.3 Å². The topological polar surface area (TPSA) is 89.5 Å². The molecule has 1 amide bonds. The van der Waals surface area contributed by atoms with E-state index >= 15 is 0 Å². The highest BCUT2D eigenvalue weighted by molar-refractivity contribution is 7.81. The van der Waals surface area contributed by atoms with Gasteiger partial charge in [-0.3, -0.25) is 14.9 Å². The summed E-state index contributed by atoms with van der Waals surface area (Å²) in [4.78, 5) is 23.3. The van der Waals surface area contributed by atoms with Gasteiger partial charge in [-0.1, -0.05) is 11.6 Å². The van der Waals surface area contributed by atoms with Crippen LogP contribution in [0.3, 0.4) is 0 Å². The molecule has 8 heteroatoms. The van der Waals surface area contributed by atoms with E-state index in [4.69, 9.17) is 17.3 Å². The minimum Gasteiger partial charge on any atom is -0.397 e. The molecule has 1 aliphatic rings. The minimum atomic E-state index is -0.607. The van der Waals surface area contributed by atoms with E-state index in [1.807, 2.05) is 0 Å². The largest absolute Gasteiger partial charge is 0.397 e. The Morgan fingerprint density at radius 3 is 2.72 bits per heavy atom. The summed E-state index contributed by atoms with van der Waals surface area (Å²) >= 11 is 9.95. The Balaban J connectivity index is 2.48. The number of nitro groups is 1. The number of nitrogens with two attached hydrogens (primary N) is 1. The number of carbonyl (C=O) groups excluding carboxylic acids is 1. The first-order valence-corrected chi connectivity index (χ1v) is 6.01. The Morgan fingerprint density at radius 2 is 2.22 bits per heavy atom. The van der Waals surface area contributed by atoms with Gasteiger partial charge in [0.05, 0.1) is 16.3 Å². The summed E-state index contributed by atoms with van der Waals surface area (Å²) < 4.78 is 0. The van der Waals surface area contributed by atoms with Crippen molar-refractivity contribution < 1.29 is 9.72 Å². The molecule has 2 rings (SSSR count). The standard InChI is InChI=1S/C10H10ClN3O3S/c11-6-2-7(12)9(3-8(6)14(16)17)13-4-5(18)1-10(13)15/h2-3,5,18H,1,4,12H2. The van der Waals surface area contributed by atoms with Gasteiger partial charge in [0.15, 0.2) is 0 Å². The van der Waals surface area contributed by atoms with Crippen molar-refractivity contribution in [1.29, 1.82) is 0 Å². The van der Waals surface area contributed by atoms with Crippen molar-refractivity contribution in [3.63, 3.8) is 0 Å². The van der Waals surface area contributed by atoms with E-state index in [1.165, 1.54) is 17.0 Å². The molecule has 1 aliphatic heterocycles. The van der Waals surface area contributed by atoms with Gasteiger partial charge in [-0.05, 0) is 6.07 Å². The van der Waals surface area contributed by atoms with Gasteiger partial charge in [-0.2, -0.15) is 12.6 Å². The third kappa shape index (κ3) is 2.23. The van der Waals surface area contributed by atoms with Crippen molar-refractivity contribution in [2.75, 3.05) is 17.2 Å². The van der Waals surface area contributed by atoms with Crippen molar-refractivity contribution in [3.8, 4) is 0 Å². The molecule has 18 heavy (non-hydrogen) atoms. The van der Waals surface area contributed by atoms with E-state index < -0.39 is 4.92 Å². The van der Waals surface area contributed by atoms with Gasteiger partial charge in [0.25, 0.3) is 5.69 Å². The number of carbonyl (C=O) groups is 1. The molecule has 1 heterocycles. The number of rotatable bonds is 2. The van der Waals surface area contributed by atoms with E-state index in [-0.39, 0.29) is 27.6 Å². The number of hydrogen-bond acceptors (Lipinski definition) is 5. The summed E-state index contributed by atoms with van der Waals surface area (Å²) in [5.74, 6) is -0.154. The van der Waals surface area contributed by atoms with Crippen molar-refractivity contribution in [2.24, 2.45) is 0 Å². The number of nitrogen functional groups attached to an aromatic ring is 1. The summed E-state index contributed by atoms with van der Waals surface area (Å²) in [6.45, 7) is 0.380. The molecule has 0 bridgehead atoms. The zero-order chi connectivity index (χ0) is 13.4. The third-order valence-corrected chi connectivity index (χ3v) is 3.34. The number of anilines is 2. The minimum absolute atomic E-state index is 0.0460. The van der Waals surface area contributed by atoms with E-state index in [0.717, 1.165) is 0 Å². The molecule has 6 nitrogen and oxygen atoms in total. The predicted octanol–water partition coefficient (Wildman–Crippen LogP) is 1.87. The summed E-state index contributed by atoms with van der Waals surface area (Å²) in [5, 5.41) is 10.7. The Hall–Kier alpha value is -1.47. The van der Waals surface area contributed by atoms with Crippen LogP contribution in [0.4, 0.5) is 17.1 Å². The maximum atomic E-state index is 11.7. The fourth-order valence-electron chi connectivity index (χ4n) is 1.86. The first kappa shape index (κ1) is 13.0. The predicted molar refractivity (Wildman–Crippen MR) is 72.3 cm³/mol. The van der Waals surface area contributed by atoms with Crippen LogP contribution in [0.5, 0.6) is 0 Å². The van der Waals surface area contributed by atoms with E-state index in [2.05, 4.69) is 12.6 Å². The van der Waals surface area contributed by atoms with Gasteiger partial charge in [0.1, 0.15) is 5.02 Å².